The van der Waals surface area contributed by atoms with Crippen LogP contribution in [0, 0.1) is 11.6 Å². The van der Waals surface area contributed by atoms with E-state index in [1.54, 1.807) is 15.9 Å². The van der Waals surface area contributed by atoms with Crippen molar-refractivity contribution >= 4 is 11.8 Å². The average molecular weight is 427 g/mol. The summed E-state index contributed by atoms with van der Waals surface area (Å²) < 4.78 is 34.1. The molecule has 1 aromatic carbocycles. The Labute approximate surface area is 178 Å². The Bertz CT molecular complexity index is 1050. The minimum Gasteiger partial charge on any atom is -0.342 e. The molecule has 0 N–H and O–H groups in total. The molecule has 31 heavy (non-hydrogen) atoms. The van der Waals surface area contributed by atoms with Crippen molar-refractivity contribution < 1.29 is 23.1 Å². The topological polar surface area (TPSA) is 62.7 Å². The minimum absolute atomic E-state index is 0.104. The van der Waals surface area contributed by atoms with E-state index < -0.39 is 17.3 Å². The Hall–Kier alpha value is -2.87. The molecule has 3 fully saturated rings. The summed E-state index contributed by atoms with van der Waals surface area (Å²) >= 11 is 0. The molecule has 3 aliphatic heterocycles. The highest BCUT2D eigenvalue weighted by atomic mass is 19.1. The third kappa shape index (κ3) is 3.20. The van der Waals surface area contributed by atoms with Crippen LogP contribution in [0.4, 0.5) is 8.78 Å². The number of pyridine rings is 1. The van der Waals surface area contributed by atoms with Gasteiger partial charge in [0, 0.05) is 31.6 Å². The highest BCUT2D eigenvalue weighted by molar-refractivity contribution is 5.93. The third-order valence-electron chi connectivity index (χ3n) is 6.69. The molecule has 0 radical (unpaired) electrons. The molecule has 162 valence electrons. The second-order valence-electron chi connectivity index (χ2n) is 8.56. The maximum atomic E-state index is 14.0. The monoisotopic (exact) mass is 427 g/mol. The second kappa shape index (κ2) is 7.37. The number of likely N-dealkylation sites (tertiary alicyclic amines) is 1. The molecule has 1 spiro atoms. The molecule has 5 rings (SSSR count). The Balaban J connectivity index is 1.35. The lowest BCUT2D eigenvalue weighted by Crippen LogP contribution is -2.55. The molecule has 0 aliphatic carbocycles. The lowest BCUT2D eigenvalue weighted by Gasteiger charge is -2.42. The zero-order valence-electron chi connectivity index (χ0n) is 17.1. The van der Waals surface area contributed by atoms with Crippen LogP contribution in [0.25, 0.3) is 0 Å². The van der Waals surface area contributed by atoms with Crippen molar-refractivity contribution in [3.05, 3.63) is 65.5 Å². The van der Waals surface area contributed by atoms with Crippen molar-refractivity contribution in [2.45, 2.75) is 56.5 Å². The predicted molar refractivity (Wildman–Crippen MR) is 107 cm³/mol. The minimum atomic E-state index is -1.00. The van der Waals surface area contributed by atoms with Crippen LogP contribution in [0.5, 0.6) is 0 Å². The molecule has 8 heteroatoms. The largest absolute Gasteiger partial charge is 0.342 e. The van der Waals surface area contributed by atoms with E-state index in [0.29, 0.717) is 19.3 Å². The number of ether oxygens (including phenoxy) is 1. The van der Waals surface area contributed by atoms with Crippen molar-refractivity contribution in [2.75, 3.05) is 6.54 Å². The fraction of sp³-hybridized carbons (Fsp3) is 0.435. The first kappa shape index (κ1) is 20.1. The van der Waals surface area contributed by atoms with E-state index in [2.05, 4.69) is 4.98 Å². The number of fused-ring (bicyclic) bond motifs is 1. The van der Waals surface area contributed by atoms with Gasteiger partial charge in [0.2, 0.25) is 0 Å². The number of rotatable bonds is 2. The summed E-state index contributed by atoms with van der Waals surface area (Å²) in [4.78, 5) is 33.5. The molecule has 0 bridgehead atoms. The molecule has 1 unspecified atom stereocenters. The zero-order valence-corrected chi connectivity index (χ0v) is 17.1. The van der Waals surface area contributed by atoms with E-state index in [4.69, 9.17) is 4.74 Å². The Morgan fingerprint density at radius 3 is 2.81 bits per heavy atom. The molecule has 4 heterocycles. The van der Waals surface area contributed by atoms with Crippen LogP contribution in [-0.2, 0) is 9.53 Å². The fourth-order valence-electron chi connectivity index (χ4n) is 5.25. The molecule has 6 nitrogen and oxygen atoms in total. The Morgan fingerprint density at radius 1 is 1.23 bits per heavy atom. The molecule has 1 aromatic heterocycles. The molecule has 4 atom stereocenters. The van der Waals surface area contributed by atoms with E-state index >= 15 is 0 Å². The van der Waals surface area contributed by atoms with E-state index in [1.165, 1.54) is 30.5 Å². The molecule has 0 saturated carbocycles. The van der Waals surface area contributed by atoms with Crippen LogP contribution in [0.1, 0.15) is 54.7 Å². The van der Waals surface area contributed by atoms with E-state index in [1.807, 2.05) is 13.0 Å². The van der Waals surface area contributed by atoms with Crippen molar-refractivity contribution in [1.82, 2.24) is 14.8 Å². The van der Waals surface area contributed by atoms with E-state index in [0.717, 1.165) is 12.0 Å². The number of piperidine rings is 1. The number of halogens is 2. The molecular formula is C23H23F2N3O3. The van der Waals surface area contributed by atoms with Gasteiger partial charge in [0.05, 0.1) is 6.04 Å². The number of hydrogen-bond donors (Lipinski definition) is 0. The van der Waals surface area contributed by atoms with Gasteiger partial charge in [-0.1, -0.05) is 12.1 Å². The quantitative estimate of drug-likeness (QED) is 0.737. The Kier molecular flexibility index (Phi) is 4.77. The number of hydrogen-bond acceptors (Lipinski definition) is 4. The smallest absolute Gasteiger partial charge is 0.275 e. The first-order valence-electron chi connectivity index (χ1n) is 10.6. The van der Waals surface area contributed by atoms with Gasteiger partial charge >= 0.3 is 0 Å². The van der Waals surface area contributed by atoms with Gasteiger partial charge in [-0.3, -0.25) is 9.59 Å². The summed E-state index contributed by atoms with van der Waals surface area (Å²) in [5.74, 6) is -1.58. The molecule has 3 aliphatic rings. The van der Waals surface area contributed by atoms with Crippen LogP contribution in [0.3, 0.4) is 0 Å². The first-order valence-corrected chi connectivity index (χ1v) is 10.6. The van der Waals surface area contributed by atoms with Gasteiger partial charge in [-0.05, 0) is 49.6 Å². The average Bonchev–Trinajstić information content (AvgIpc) is 3.26. The molecule has 3 saturated heterocycles. The second-order valence-corrected chi connectivity index (χ2v) is 8.56. The van der Waals surface area contributed by atoms with Crippen molar-refractivity contribution in [3.8, 4) is 0 Å². The van der Waals surface area contributed by atoms with Crippen LogP contribution >= 0.6 is 0 Å². The SMILES string of the molecule is CC1C[C@@]2(CCN1C(=O)c1ncccc1F)O[C@@H]1CC[C@@H](c3cccc(F)c3)N1C2=O. The number of aromatic nitrogens is 1. The summed E-state index contributed by atoms with van der Waals surface area (Å²) in [5.41, 5.74) is -0.450. The lowest BCUT2D eigenvalue weighted by atomic mass is 9.85. The lowest BCUT2D eigenvalue weighted by molar-refractivity contribution is -0.144. The maximum Gasteiger partial charge on any atom is 0.275 e. The predicted octanol–water partition coefficient (Wildman–Crippen LogP) is 3.44. The summed E-state index contributed by atoms with van der Waals surface area (Å²) in [5, 5.41) is 0. The van der Waals surface area contributed by atoms with Crippen molar-refractivity contribution in [2.24, 2.45) is 0 Å². The zero-order chi connectivity index (χ0) is 21.8. The fourth-order valence-corrected chi connectivity index (χ4v) is 5.25. The molecular weight excluding hydrogens is 404 g/mol. The van der Waals surface area contributed by atoms with Gasteiger partial charge in [-0.2, -0.15) is 0 Å². The van der Waals surface area contributed by atoms with Gasteiger partial charge in [0.1, 0.15) is 12.0 Å². The summed E-state index contributed by atoms with van der Waals surface area (Å²) in [7, 11) is 0. The van der Waals surface area contributed by atoms with E-state index in [9.17, 15) is 18.4 Å². The van der Waals surface area contributed by atoms with Gasteiger partial charge in [-0.15, -0.1) is 0 Å². The van der Waals surface area contributed by atoms with Crippen LogP contribution in [-0.4, -0.2) is 51.0 Å². The van der Waals surface area contributed by atoms with Crippen molar-refractivity contribution in [1.29, 1.82) is 0 Å². The highest BCUT2D eigenvalue weighted by Crippen LogP contribution is 2.48. The summed E-state index contributed by atoms with van der Waals surface area (Å²) in [6.45, 7) is 2.11. The highest BCUT2D eigenvalue weighted by Gasteiger charge is 2.59. The number of carbonyl (C=O) groups excluding carboxylic acids is 2. The van der Waals surface area contributed by atoms with Crippen LogP contribution in [0.15, 0.2) is 42.6 Å². The normalized spacial score (nSPS) is 30.2. The van der Waals surface area contributed by atoms with Gasteiger partial charge in [-0.25, -0.2) is 13.8 Å². The number of nitrogens with zero attached hydrogens (tertiary/aromatic N) is 3. The maximum absolute atomic E-state index is 14.0. The summed E-state index contributed by atoms with van der Waals surface area (Å²) in [6.07, 6.45) is 3.11. The standard InChI is InChI=1S/C23H23F2N3O3/c1-14-13-23(9-11-27(14)21(29)20-17(25)6-3-10-26-20)22(30)28-18(7-8-19(28)31-23)15-4-2-5-16(24)12-15/h2-6,10,12,14,18-19H,7-9,11,13H2,1H3/t14?,18-,19+,23+/m0/s1. The third-order valence-corrected chi connectivity index (χ3v) is 6.69. The van der Waals surface area contributed by atoms with Crippen LogP contribution < -0.4 is 0 Å². The first-order chi connectivity index (χ1) is 14.9. The number of benzene rings is 1. The number of carbonyl (C=O) groups is 2. The Morgan fingerprint density at radius 2 is 2.06 bits per heavy atom. The van der Waals surface area contributed by atoms with Gasteiger partial charge < -0.3 is 14.5 Å². The number of amides is 2. The van der Waals surface area contributed by atoms with Crippen molar-refractivity contribution in [3.63, 3.8) is 0 Å². The molecule has 2 amide bonds. The van der Waals surface area contributed by atoms with E-state index in [-0.39, 0.29) is 42.3 Å². The van der Waals surface area contributed by atoms with Crippen LogP contribution in [0.2, 0.25) is 0 Å². The molecule has 2 aromatic rings. The van der Waals surface area contributed by atoms with Gasteiger partial charge in [0.15, 0.2) is 17.1 Å². The summed E-state index contributed by atoms with van der Waals surface area (Å²) in [6, 6.07) is 8.45. The van der Waals surface area contributed by atoms with Gasteiger partial charge in [0.25, 0.3) is 11.8 Å².